The normalized spacial score (nSPS) is 15.3. The minimum absolute atomic E-state index is 0.0917. The van der Waals surface area contributed by atoms with Crippen LogP contribution in [0.1, 0.15) is 46.8 Å². The van der Waals surface area contributed by atoms with Gasteiger partial charge in [-0.05, 0) is 75.1 Å². The van der Waals surface area contributed by atoms with E-state index in [-0.39, 0.29) is 10.8 Å². The number of hydrogen-bond acceptors (Lipinski definition) is 4. The van der Waals surface area contributed by atoms with Crippen molar-refractivity contribution < 1.29 is 13.2 Å². The molecule has 0 bridgehead atoms. The molecule has 1 heterocycles. The van der Waals surface area contributed by atoms with E-state index >= 15 is 0 Å². The monoisotopic (exact) mass is 446 g/mol. The number of likely N-dealkylation sites (tertiary alicyclic amines) is 1. The molecule has 0 saturated carbocycles. The lowest BCUT2D eigenvalue weighted by molar-refractivity contribution is 0.0693. The highest BCUT2D eigenvalue weighted by Gasteiger charge is 2.26. The molecule has 1 N–H and O–H groups in total. The van der Waals surface area contributed by atoms with Crippen LogP contribution in [0.4, 0.5) is 5.69 Å². The first-order chi connectivity index (χ1) is 14.1. The fourth-order valence-corrected chi connectivity index (χ4v) is 5.74. The topological polar surface area (TPSA) is 66.5 Å². The number of piperidine rings is 1. The van der Waals surface area contributed by atoms with E-state index in [9.17, 15) is 13.2 Å². The van der Waals surface area contributed by atoms with E-state index in [1.54, 1.807) is 12.1 Å². The maximum atomic E-state index is 13.2. The van der Waals surface area contributed by atoms with Gasteiger partial charge in [-0.3, -0.25) is 9.52 Å². The number of rotatable bonds is 5. The van der Waals surface area contributed by atoms with Gasteiger partial charge in [0, 0.05) is 18.0 Å². The maximum absolute atomic E-state index is 13.2. The molecule has 1 aliphatic heterocycles. The minimum Gasteiger partial charge on any atom is -0.339 e. The van der Waals surface area contributed by atoms with Crippen LogP contribution in [-0.4, -0.2) is 38.6 Å². The molecular formula is C23H30N2O3S2. The van der Waals surface area contributed by atoms with Crippen molar-refractivity contribution >= 4 is 33.4 Å². The van der Waals surface area contributed by atoms with Gasteiger partial charge < -0.3 is 4.90 Å². The number of benzene rings is 2. The zero-order valence-corrected chi connectivity index (χ0v) is 19.9. The minimum atomic E-state index is -3.82. The van der Waals surface area contributed by atoms with Crippen LogP contribution < -0.4 is 4.72 Å². The van der Waals surface area contributed by atoms with Gasteiger partial charge in [0.25, 0.3) is 15.9 Å². The first-order valence-corrected chi connectivity index (χ1v) is 12.9. The van der Waals surface area contributed by atoms with Crippen molar-refractivity contribution in [2.45, 2.75) is 50.3 Å². The second kappa shape index (κ2) is 9.02. The maximum Gasteiger partial charge on any atom is 0.261 e. The van der Waals surface area contributed by atoms with Gasteiger partial charge in [-0.15, -0.1) is 11.8 Å². The molecule has 0 aliphatic carbocycles. The predicted octanol–water partition coefficient (Wildman–Crippen LogP) is 5.01. The van der Waals surface area contributed by atoms with Crippen molar-refractivity contribution in [1.29, 1.82) is 0 Å². The Morgan fingerprint density at radius 1 is 1.07 bits per heavy atom. The molecule has 1 saturated heterocycles. The average Bonchev–Trinajstić information content (AvgIpc) is 2.70. The van der Waals surface area contributed by atoms with Crippen LogP contribution in [0.2, 0.25) is 0 Å². The summed E-state index contributed by atoms with van der Waals surface area (Å²) in [6.07, 6.45) is 3.85. The van der Waals surface area contributed by atoms with Gasteiger partial charge in [-0.1, -0.05) is 24.6 Å². The fraction of sp³-hybridized carbons (Fsp3) is 0.435. The number of nitrogens with one attached hydrogen (secondary N) is 1. The van der Waals surface area contributed by atoms with E-state index in [1.807, 2.05) is 44.1 Å². The Morgan fingerprint density at radius 2 is 1.67 bits per heavy atom. The summed E-state index contributed by atoms with van der Waals surface area (Å²) in [5, 5.41) is 0. The van der Waals surface area contributed by atoms with Crippen LogP contribution in [0.15, 0.2) is 40.1 Å². The van der Waals surface area contributed by atoms with Gasteiger partial charge in [0.05, 0.1) is 16.1 Å². The van der Waals surface area contributed by atoms with Crippen LogP contribution >= 0.6 is 11.8 Å². The molecule has 1 aliphatic rings. The first kappa shape index (κ1) is 22.7. The summed E-state index contributed by atoms with van der Waals surface area (Å²) in [5.41, 5.74) is 3.87. The largest absolute Gasteiger partial charge is 0.339 e. The van der Waals surface area contributed by atoms with Crippen molar-refractivity contribution in [3.05, 3.63) is 52.6 Å². The molecule has 2 aromatic carbocycles. The Bertz CT molecular complexity index is 1030. The highest BCUT2D eigenvalue weighted by atomic mass is 32.2. The number of aryl methyl sites for hydroxylation is 3. The number of sulfonamides is 1. The Balaban J connectivity index is 1.94. The molecule has 3 rings (SSSR count). The van der Waals surface area contributed by atoms with Crippen molar-refractivity contribution in [1.82, 2.24) is 4.90 Å². The van der Waals surface area contributed by atoms with E-state index in [1.165, 1.54) is 17.8 Å². The number of amides is 1. The SMILES string of the molecule is CSc1ccc(S(=O)(=O)Nc2c(C)cc(C)cc2C)cc1C(=O)N1CCC(C)CC1. The third kappa shape index (κ3) is 4.83. The average molecular weight is 447 g/mol. The Kier molecular flexibility index (Phi) is 6.82. The van der Waals surface area contributed by atoms with Gasteiger partial charge in [-0.2, -0.15) is 0 Å². The van der Waals surface area contributed by atoms with E-state index in [0.29, 0.717) is 30.3 Å². The quantitative estimate of drug-likeness (QED) is 0.656. The van der Waals surface area contributed by atoms with Crippen LogP contribution in [-0.2, 0) is 10.0 Å². The van der Waals surface area contributed by atoms with Crippen molar-refractivity contribution in [2.24, 2.45) is 5.92 Å². The van der Waals surface area contributed by atoms with Crippen LogP contribution in [0.3, 0.4) is 0 Å². The highest BCUT2D eigenvalue weighted by molar-refractivity contribution is 7.98. The number of thioether (sulfide) groups is 1. The zero-order valence-electron chi connectivity index (χ0n) is 18.3. The second-order valence-electron chi connectivity index (χ2n) is 8.22. The molecule has 5 nitrogen and oxygen atoms in total. The summed E-state index contributed by atoms with van der Waals surface area (Å²) in [6, 6.07) is 8.73. The number of carbonyl (C=O) groups excluding carboxylic acids is 1. The molecule has 162 valence electrons. The molecule has 7 heteroatoms. The van der Waals surface area contributed by atoms with E-state index in [2.05, 4.69) is 11.6 Å². The zero-order chi connectivity index (χ0) is 22.1. The van der Waals surface area contributed by atoms with Crippen molar-refractivity contribution in [2.75, 3.05) is 24.1 Å². The summed E-state index contributed by atoms with van der Waals surface area (Å²) in [7, 11) is -3.82. The van der Waals surface area contributed by atoms with Gasteiger partial charge in [0.2, 0.25) is 0 Å². The van der Waals surface area contributed by atoms with Gasteiger partial charge >= 0.3 is 0 Å². The highest BCUT2D eigenvalue weighted by Crippen LogP contribution is 2.29. The molecule has 2 aromatic rings. The second-order valence-corrected chi connectivity index (χ2v) is 10.7. The lowest BCUT2D eigenvalue weighted by atomic mass is 9.98. The summed E-state index contributed by atoms with van der Waals surface area (Å²) in [5.74, 6) is 0.525. The van der Waals surface area contributed by atoms with Crippen molar-refractivity contribution in [3.63, 3.8) is 0 Å². The number of anilines is 1. The van der Waals surface area contributed by atoms with Gasteiger partial charge in [-0.25, -0.2) is 8.42 Å². The molecule has 0 unspecified atom stereocenters. The predicted molar refractivity (Wildman–Crippen MR) is 124 cm³/mol. The molecule has 0 radical (unpaired) electrons. The van der Waals surface area contributed by atoms with Gasteiger partial charge in [0.1, 0.15) is 0 Å². The Morgan fingerprint density at radius 3 is 2.23 bits per heavy atom. The first-order valence-electron chi connectivity index (χ1n) is 10.2. The molecule has 0 spiro atoms. The van der Waals surface area contributed by atoms with Gasteiger partial charge in [0.15, 0.2) is 0 Å². The fourth-order valence-electron chi connectivity index (χ4n) is 3.94. The number of carbonyl (C=O) groups is 1. The lowest BCUT2D eigenvalue weighted by Crippen LogP contribution is -2.38. The molecule has 1 fully saturated rings. The van der Waals surface area contributed by atoms with Crippen LogP contribution in [0, 0.1) is 26.7 Å². The summed E-state index contributed by atoms with van der Waals surface area (Å²) in [6.45, 7) is 9.39. The summed E-state index contributed by atoms with van der Waals surface area (Å²) >= 11 is 1.46. The molecule has 30 heavy (non-hydrogen) atoms. The van der Waals surface area contributed by atoms with E-state index in [0.717, 1.165) is 34.4 Å². The number of hydrogen-bond donors (Lipinski definition) is 1. The molecule has 0 atom stereocenters. The van der Waals surface area contributed by atoms with E-state index in [4.69, 9.17) is 0 Å². The van der Waals surface area contributed by atoms with Crippen molar-refractivity contribution in [3.8, 4) is 0 Å². The van der Waals surface area contributed by atoms with Crippen LogP contribution in [0.25, 0.3) is 0 Å². The molecule has 0 aromatic heterocycles. The summed E-state index contributed by atoms with van der Waals surface area (Å²) in [4.78, 5) is 15.9. The standard InChI is InChI=1S/C23H30N2O3S2/c1-15-8-10-25(11-9-15)23(26)20-14-19(6-7-21(20)29-5)30(27,28)24-22-17(3)12-16(2)13-18(22)4/h6-7,12-15,24H,8-11H2,1-5H3. The third-order valence-electron chi connectivity index (χ3n) is 5.70. The smallest absolute Gasteiger partial charge is 0.261 e. The summed E-state index contributed by atoms with van der Waals surface area (Å²) < 4.78 is 29.0. The Labute approximate surface area is 184 Å². The van der Waals surface area contributed by atoms with Crippen LogP contribution in [0.5, 0.6) is 0 Å². The number of nitrogens with zero attached hydrogens (tertiary/aromatic N) is 1. The lowest BCUT2D eigenvalue weighted by Gasteiger charge is -2.30. The third-order valence-corrected chi connectivity index (χ3v) is 7.84. The molecule has 1 amide bonds. The Hall–Kier alpha value is -1.99. The van der Waals surface area contributed by atoms with E-state index < -0.39 is 10.0 Å². The molecular weight excluding hydrogens is 416 g/mol.